The van der Waals surface area contributed by atoms with Crippen LogP contribution in [0.1, 0.15) is 11.3 Å². The standard InChI is InChI=1S/C17H15N5O2/c23-16-8-13(20-15-3-1-2-6-22(15)16)10-18-12-5-4-11-9-19-17(24)21-14(11)7-12/h1-8,18H,9-10H2,(H2,19,21,24). The molecule has 2 aromatic heterocycles. The van der Waals surface area contributed by atoms with Crippen LogP contribution in [0, 0.1) is 0 Å². The van der Waals surface area contributed by atoms with Crippen molar-refractivity contribution in [3.63, 3.8) is 0 Å². The van der Waals surface area contributed by atoms with Gasteiger partial charge < -0.3 is 16.0 Å². The van der Waals surface area contributed by atoms with Crippen molar-refractivity contribution in [3.8, 4) is 0 Å². The zero-order chi connectivity index (χ0) is 16.5. The molecule has 0 radical (unpaired) electrons. The Kier molecular flexibility index (Phi) is 3.38. The quantitative estimate of drug-likeness (QED) is 0.688. The second-order valence-corrected chi connectivity index (χ2v) is 5.55. The van der Waals surface area contributed by atoms with Crippen LogP contribution in [0.5, 0.6) is 0 Å². The van der Waals surface area contributed by atoms with Gasteiger partial charge in [0.15, 0.2) is 0 Å². The van der Waals surface area contributed by atoms with E-state index < -0.39 is 0 Å². The molecule has 4 rings (SSSR count). The van der Waals surface area contributed by atoms with Crippen molar-refractivity contribution in [1.29, 1.82) is 0 Å². The summed E-state index contributed by atoms with van der Waals surface area (Å²) in [6.45, 7) is 0.941. The summed E-state index contributed by atoms with van der Waals surface area (Å²) in [5.41, 5.74) is 3.84. The van der Waals surface area contributed by atoms with Crippen molar-refractivity contribution in [2.45, 2.75) is 13.1 Å². The molecule has 3 aromatic rings. The van der Waals surface area contributed by atoms with Crippen LogP contribution >= 0.6 is 0 Å². The van der Waals surface area contributed by atoms with Gasteiger partial charge in [-0.25, -0.2) is 9.78 Å². The summed E-state index contributed by atoms with van der Waals surface area (Å²) in [6, 6.07) is 12.5. The average molecular weight is 321 g/mol. The molecule has 0 saturated carbocycles. The number of nitrogens with zero attached hydrogens (tertiary/aromatic N) is 2. The lowest BCUT2D eigenvalue weighted by molar-refractivity contribution is 0.251. The van der Waals surface area contributed by atoms with E-state index in [0.29, 0.717) is 24.4 Å². The van der Waals surface area contributed by atoms with Gasteiger partial charge >= 0.3 is 6.03 Å². The second kappa shape index (κ2) is 5.69. The lowest BCUT2D eigenvalue weighted by Crippen LogP contribution is -2.33. The molecule has 7 nitrogen and oxygen atoms in total. The number of rotatable bonds is 3. The van der Waals surface area contributed by atoms with Gasteiger partial charge in [0, 0.05) is 30.2 Å². The molecule has 0 fully saturated rings. The Hall–Kier alpha value is -3.35. The molecule has 0 atom stereocenters. The third kappa shape index (κ3) is 2.67. The van der Waals surface area contributed by atoms with Gasteiger partial charge in [-0.3, -0.25) is 9.20 Å². The van der Waals surface area contributed by atoms with E-state index in [0.717, 1.165) is 16.9 Å². The molecule has 3 heterocycles. The second-order valence-electron chi connectivity index (χ2n) is 5.55. The highest BCUT2D eigenvalue weighted by Crippen LogP contribution is 2.23. The first-order valence-corrected chi connectivity index (χ1v) is 7.58. The normalized spacial score (nSPS) is 13.1. The highest BCUT2D eigenvalue weighted by atomic mass is 16.2. The van der Waals surface area contributed by atoms with E-state index in [1.54, 1.807) is 18.3 Å². The first kappa shape index (κ1) is 14.3. The van der Waals surface area contributed by atoms with Crippen LogP contribution in [-0.2, 0) is 13.1 Å². The number of benzene rings is 1. The van der Waals surface area contributed by atoms with Gasteiger partial charge in [-0.15, -0.1) is 0 Å². The topological polar surface area (TPSA) is 87.5 Å². The number of amides is 2. The third-order valence-electron chi connectivity index (χ3n) is 3.90. The summed E-state index contributed by atoms with van der Waals surface area (Å²) in [4.78, 5) is 27.9. The van der Waals surface area contributed by atoms with Crippen molar-refractivity contribution >= 4 is 23.1 Å². The van der Waals surface area contributed by atoms with Crippen LogP contribution in [0.25, 0.3) is 5.65 Å². The Morgan fingerprint density at radius 1 is 1.17 bits per heavy atom. The fourth-order valence-corrected chi connectivity index (χ4v) is 2.69. The summed E-state index contributed by atoms with van der Waals surface area (Å²) in [5, 5.41) is 8.73. The summed E-state index contributed by atoms with van der Waals surface area (Å²) >= 11 is 0. The third-order valence-corrected chi connectivity index (χ3v) is 3.90. The zero-order valence-corrected chi connectivity index (χ0v) is 12.7. The molecule has 3 N–H and O–H groups in total. The molecule has 1 aliphatic heterocycles. The minimum atomic E-state index is -0.205. The maximum atomic E-state index is 12.1. The van der Waals surface area contributed by atoms with Crippen molar-refractivity contribution < 1.29 is 4.79 Å². The number of aromatic nitrogens is 2. The van der Waals surface area contributed by atoms with Crippen molar-refractivity contribution in [2.24, 2.45) is 0 Å². The average Bonchev–Trinajstić information content (AvgIpc) is 2.59. The maximum absolute atomic E-state index is 12.1. The zero-order valence-electron chi connectivity index (χ0n) is 12.7. The number of pyridine rings is 1. The number of anilines is 2. The summed E-state index contributed by atoms with van der Waals surface area (Å²) < 4.78 is 1.50. The van der Waals surface area contributed by atoms with Crippen LogP contribution in [0.2, 0.25) is 0 Å². The minimum absolute atomic E-state index is 0.110. The smallest absolute Gasteiger partial charge is 0.319 e. The monoisotopic (exact) mass is 321 g/mol. The number of hydrogen-bond donors (Lipinski definition) is 3. The summed E-state index contributed by atoms with van der Waals surface area (Å²) in [6.07, 6.45) is 1.70. The van der Waals surface area contributed by atoms with Crippen LogP contribution in [-0.4, -0.2) is 15.4 Å². The number of carbonyl (C=O) groups is 1. The minimum Gasteiger partial charge on any atom is -0.379 e. The first-order chi connectivity index (χ1) is 11.7. The van der Waals surface area contributed by atoms with E-state index >= 15 is 0 Å². The molecule has 0 saturated heterocycles. The van der Waals surface area contributed by atoms with Gasteiger partial charge in [0.2, 0.25) is 0 Å². The predicted molar refractivity (Wildman–Crippen MR) is 91.1 cm³/mol. The van der Waals surface area contributed by atoms with Crippen molar-refractivity contribution in [3.05, 3.63) is 70.3 Å². The number of carbonyl (C=O) groups excluding carboxylic acids is 1. The van der Waals surface area contributed by atoms with E-state index in [2.05, 4.69) is 20.9 Å². The molecule has 24 heavy (non-hydrogen) atoms. The maximum Gasteiger partial charge on any atom is 0.319 e. The van der Waals surface area contributed by atoms with Crippen LogP contribution in [0.3, 0.4) is 0 Å². The van der Waals surface area contributed by atoms with Gasteiger partial charge in [0.05, 0.1) is 12.2 Å². The van der Waals surface area contributed by atoms with E-state index in [9.17, 15) is 9.59 Å². The fraction of sp³-hybridized carbons (Fsp3) is 0.118. The highest BCUT2D eigenvalue weighted by molar-refractivity contribution is 5.92. The summed E-state index contributed by atoms with van der Waals surface area (Å²) in [5.74, 6) is 0. The number of fused-ring (bicyclic) bond motifs is 2. The Labute approximate surface area is 137 Å². The molecule has 1 aliphatic rings. The van der Waals surface area contributed by atoms with Gasteiger partial charge in [-0.1, -0.05) is 12.1 Å². The van der Waals surface area contributed by atoms with Crippen molar-refractivity contribution in [1.82, 2.24) is 14.7 Å². The molecular weight excluding hydrogens is 306 g/mol. The SMILES string of the molecule is O=C1NCc2ccc(NCc3cc(=O)n4ccccc4n3)cc2N1. The molecule has 120 valence electrons. The molecule has 2 amide bonds. The largest absolute Gasteiger partial charge is 0.379 e. The number of urea groups is 1. The summed E-state index contributed by atoms with van der Waals surface area (Å²) in [7, 11) is 0. The van der Waals surface area contributed by atoms with Gasteiger partial charge in [0.25, 0.3) is 5.56 Å². The number of nitrogens with one attached hydrogen (secondary N) is 3. The lowest BCUT2D eigenvalue weighted by Gasteiger charge is -2.19. The van der Waals surface area contributed by atoms with Gasteiger partial charge in [0.1, 0.15) is 5.65 Å². The van der Waals surface area contributed by atoms with E-state index in [1.165, 1.54) is 10.5 Å². The van der Waals surface area contributed by atoms with E-state index in [1.807, 2.05) is 24.3 Å². The Balaban J connectivity index is 1.56. The van der Waals surface area contributed by atoms with E-state index in [4.69, 9.17) is 0 Å². The molecule has 7 heteroatoms. The molecule has 0 bridgehead atoms. The fourth-order valence-electron chi connectivity index (χ4n) is 2.69. The highest BCUT2D eigenvalue weighted by Gasteiger charge is 2.13. The molecule has 0 spiro atoms. The van der Waals surface area contributed by atoms with Gasteiger partial charge in [-0.05, 0) is 29.8 Å². The first-order valence-electron chi connectivity index (χ1n) is 7.58. The number of hydrogen-bond acceptors (Lipinski definition) is 4. The van der Waals surface area contributed by atoms with Crippen LogP contribution in [0.4, 0.5) is 16.2 Å². The van der Waals surface area contributed by atoms with Crippen LogP contribution < -0.4 is 21.5 Å². The van der Waals surface area contributed by atoms with Crippen LogP contribution in [0.15, 0.2) is 53.5 Å². The molecular formula is C17H15N5O2. The Bertz CT molecular complexity index is 996. The Morgan fingerprint density at radius 3 is 3.00 bits per heavy atom. The lowest BCUT2D eigenvalue weighted by atomic mass is 10.1. The van der Waals surface area contributed by atoms with Gasteiger partial charge in [-0.2, -0.15) is 0 Å². The Morgan fingerprint density at radius 2 is 2.08 bits per heavy atom. The molecule has 1 aromatic carbocycles. The molecule has 0 aliphatic carbocycles. The predicted octanol–water partition coefficient (Wildman–Crippen LogP) is 1.94. The van der Waals surface area contributed by atoms with E-state index in [-0.39, 0.29) is 11.6 Å². The molecule has 0 unspecified atom stereocenters. The van der Waals surface area contributed by atoms with Crippen molar-refractivity contribution in [2.75, 3.05) is 10.6 Å².